The van der Waals surface area contributed by atoms with Crippen LogP contribution in [0.1, 0.15) is 87.8 Å². The SMILES string of the molecule is C/C=C/CCc1ccc(C2CCC(CCCCC)OC2)c(F)c1C(F)F. The zero-order chi connectivity index (χ0) is 18.9. The highest BCUT2D eigenvalue weighted by atomic mass is 19.3. The molecule has 0 amide bonds. The Morgan fingerprint density at radius 3 is 2.65 bits per heavy atom. The number of rotatable bonds is 9. The van der Waals surface area contributed by atoms with Crippen LogP contribution < -0.4 is 0 Å². The second kappa shape index (κ2) is 10.8. The Hall–Kier alpha value is -1.29. The molecule has 1 heterocycles. The zero-order valence-electron chi connectivity index (χ0n) is 15.9. The lowest BCUT2D eigenvalue weighted by Gasteiger charge is -2.30. The molecule has 2 unspecified atom stereocenters. The average molecular weight is 368 g/mol. The Kier molecular flexibility index (Phi) is 8.70. The Morgan fingerprint density at radius 1 is 1.23 bits per heavy atom. The smallest absolute Gasteiger partial charge is 0.266 e. The molecule has 0 spiro atoms. The van der Waals surface area contributed by atoms with Crippen LogP contribution in [-0.4, -0.2) is 12.7 Å². The van der Waals surface area contributed by atoms with Gasteiger partial charge in [0, 0.05) is 5.92 Å². The Bertz CT molecular complexity index is 575. The third-order valence-corrected chi connectivity index (χ3v) is 5.27. The fourth-order valence-corrected chi connectivity index (χ4v) is 3.73. The maximum Gasteiger partial charge on any atom is 0.266 e. The zero-order valence-corrected chi connectivity index (χ0v) is 15.9. The van der Waals surface area contributed by atoms with E-state index in [0.717, 1.165) is 25.7 Å². The Morgan fingerprint density at radius 2 is 2.04 bits per heavy atom. The van der Waals surface area contributed by atoms with Gasteiger partial charge in [-0.1, -0.05) is 50.5 Å². The first kappa shape index (κ1) is 21.0. The van der Waals surface area contributed by atoms with E-state index in [1.54, 1.807) is 12.1 Å². The number of hydrogen-bond donors (Lipinski definition) is 0. The molecule has 0 aromatic heterocycles. The highest BCUT2D eigenvalue weighted by Gasteiger charge is 2.28. The van der Waals surface area contributed by atoms with Gasteiger partial charge in [-0.15, -0.1) is 0 Å². The minimum atomic E-state index is -2.79. The Labute approximate surface area is 155 Å². The molecule has 0 radical (unpaired) electrons. The molecule has 26 heavy (non-hydrogen) atoms. The van der Waals surface area contributed by atoms with E-state index in [1.807, 2.05) is 19.1 Å². The van der Waals surface area contributed by atoms with Crippen LogP contribution in [0.2, 0.25) is 0 Å². The van der Waals surface area contributed by atoms with Crippen LogP contribution in [0.5, 0.6) is 0 Å². The summed E-state index contributed by atoms with van der Waals surface area (Å²) in [6.07, 6.45) is 8.54. The van der Waals surface area contributed by atoms with Crippen molar-refractivity contribution >= 4 is 0 Å². The van der Waals surface area contributed by atoms with Gasteiger partial charge in [0.05, 0.1) is 18.3 Å². The summed E-state index contributed by atoms with van der Waals surface area (Å²) in [7, 11) is 0. The number of unbranched alkanes of at least 4 members (excludes halogenated alkanes) is 2. The molecule has 1 fully saturated rings. The van der Waals surface area contributed by atoms with E-state index in [0.29, 0.717) is 30.6 Å². The van der Waals surface area contributed by atoms with Gasteiger partial charge in [0.2, 0.25) is 0 Å². The third-order valence-electron chi connectivity index (χ3n) is 5.27. The highest BCUT2D eigenvalue weighted by Crippen LogP contribution is 2.36. The van der Waals surface area contributed by atoms with Gasteiger partial charge in [-0.2, -0.15) is 0 Å². The first-order chi connectivity index (χ1) is 12.6. The summed E-state index contributed by atoms with van der Waals surface area (Å²) in [6, 6.07) is 3.37. The summed E-state index contributed by atoms with van der Waals surface area (Å²) >= 11 is 0. The van der Waals surface area contributed by atoms with Crippen molar-refractivity contribution in [1.82, 2.24) is 0 Å². The van der Waals surface area contributed by atoms with Crippen molar-refractivity contribution in [3.05, 3.63) is 46.8 Å². The second-order valence-electron chi connectivity index (χ2n) is 7.18. The minimum Gasteiger partial charge on any atom is -0.378 e. The highest BCUT2D eigenvalue weighted by molar-refractivity contribution is 5.37. The van der Waals surface area contributed by atoms with Gasteiger partial charge in [0.1, 0.15) is 5.82 Å². The van der Waals surface area contributed by atoms with Crippen LogP contribution in [-0.2, 0) is 11.2 Å². The monoisotopic (exact) mass is 368 g/mol. The largest absolute Gasteiger partial charge is 0.378 e. The van der Waals surface area contributed by atoms with Crippen LogP contribution >= 0.6 is 0 Å². The standard InChI is InChI=1S/C22H31F3O/c1-3-5-7-9-16-12-14-19(21(23)20(16)22(24)25)17-11-13-18(26-15-17)10-8-6-4-2/h3,5,12,14,17-18,22H,4,6-11,13,15H2,1-2H3/b5-3+. The molecule has 1 aliphatic heterocycles. The minimum absolute atomic E-state index is 0.125. The van der Waals surface area contributed by atoms with E-state index in [-0.39, 0.29) is 12.0 Å². The van der Waals surface area contributed by atoms with E-state index in [1.165, 1.54) is 12.8 Å². The van der Waals surface area contributed by atoms with Crippen LogP contribution in [0.3, 0.4) is 0 Å². The van der Waals surface area contributed by atoms with E-state index in [2.05, 4.69) is 6.92 Å². The first-order valence-electron chi connectivity index (χ1n) is 9.90. The number of benzene rings is 1. The lowest BCUT2D eigenvalue weighted by Crippen LogP contribution is -2.25. The lowest BCUT2D eigenvalue weighted by atomic mass is 9.87. The topological polar surface area (TPSA) is 9.23 Å². The fraction of sp³-hybridized carbons (Fsp3) is 0.636. The normalized spacial score (nSPS) is 21.0. The van der Waals surface area contributed by atoms with Crippen molar-refractivity contribution < 1.29 is 17.9 Å². The molecule has 1 aromatic carbocycles. The fourth-order valence-electron chi connectivity index (χ4n) is 3.73. The van der Waals surface area contributed by atoms with Crippen molar-refractivity contribution in [3.63, 3.8) is 0 Å². The van der Waals surface area contributed by atoms with Crippen molar-refractivity contribution in [2.45, 2.75) is 83.7 Å². The number of alkyl halides is 2. The Balaban J connectivity index is 2.07. The van der Waals surface area contributed by atoms with Crippen molar-refractivity contribution in [2.75, 3.05) is 6.61 Å². The maximum absolute atomic E-state index is 14.9. The molecule has 146 valence electrons. The van der Waals surface area contributed by atoms with E-state index < -0.39 is 17.8 Å². The summed E-state index contributed by atoms with van der Waals surface area (Å²) in [5.74, 6) is -0.851. The van der Waals surface area contributed by atoms with Crippen LogP contribution in [0, 0.1) is 5.82 Å². The van der Waals surface area contributed by atoms with E-state index >= 15 is 0 Å². The van der Waals surface area contributed by atoms with Gasteiger partial charge in [-0.3, -0.25) is 0 Å². The summed E-state index contributed by atoms with van der Waals surface area (Å²) < 4.78 is 47.7. The predicted octanol–water partition coefficient (Wildman–Crippen LogP) is 7.11. The first-order valence-corrected chi connectivity index (χ1v) is 9.90. The number of aryl methyl sites for hydroxylation is 1. The van der Waals surface area contributed by atoms with Gasteiger partial charge >= 0.3 is 0 Å². The second-order valence-corrected chi connectivity index (χ2v) is 7.18. The average Bonchev–Trinajstić information content (AvgIpc) is 2.63. The third kappa shape index (κ3) is 5.60. The molecule has 2 rings (SSSR count). The number of halogens is 3. The van der Waals surface area contributed by atoms with Crippen molar-refractivity contribution in [1.29, 1.82) is 0 Å². The van der Waals surface area contributed by atoms with Gasteiger partial charge in [0.25, 0.3) is 6.43 Å². The molecule has 0 aliphatic carbocycles. The molecule has 0 N–H and O–H groups in total. The number of ether oxygens (including phenoxy) is 1. The molecular weight excluding hydrogens is 337 g/mol. The molecule has 4 heteroatoms. The maximum atomic E-state index is 14.9. The molecule has 0 bridgehead atoms. The summed E-state index contributed by atoms with van der Waals surface area (Å²) in [5, 5.41) is 0. The molecule has 1 saturated heterocycles. The summed E-state index contributed by atoms with van der Waals surface area (Å²) in [6.45, 7) is 4.48. The molecule has 2 atom stereocenters. The van der Waals surface area contributed by atoms with E-state index in [9.17, 15) is 13.2 Å². The quantitative estimate of drug-likeness (QED) is 0.333. The van der Waals surface area contributed by atoms with Crippen LogP contribution in [0.4, 0.5) is 13.2 Å². The van der Waals surface area contributed by atoms with Gasteiger partial charge in [-0.25, -0.2) is 13.2 Å². The van der Waals surface area contributed by atoms with Crippen molar-refractivity contribution in [2.24, 2.45) is 0 Å². The van der Waals surface area contributed by atoms with E-state index in [4.69, 9.17) is 4.74 Å². The van der Waals surface area contributed by atoms with Gasteiger partial charge in [-0.05, 0) is 50.2 Å². The van der Waals surface area contributed by atoms with Gasteiger partial charge in [0.15, 0.2) is 0 Å². The molecule has 1 aromatic rings. The molecule has 0 saturated carbocycles. The van der Waals surface area contributed by atoms with Crippen LogP contribution in [0.15, 0.2) is 24.3 Å². The summed E-state index contributed by atoms with van der Waals surface area (Å²) in [5.41, 5.74) is 0.382. The van der Waals surface area contributed by atoms with Gasteiger partial charge < -0.3 is 4.74 Å². The number of allylic oxidation sites excluding steroid dienone is 2. The molecular formula is C22H31F3O. The predicted molar refractivity (Wildman–Crippen MR) is 100 cm³/mol. The molecule has 1 nitrogen and oxygen atoms in total. The lowest BCUT2D eigenvalue weighted by molar-refractivity contribution is -0.00282. The van der Waals surface area contributed by atoms with Crippen LogP contribution in [0.25, 0.3) is 0 Å². The number of hydrogen-bond acceptors (Lipinski definition) is 1. The van der Waals surface area contributed by atoms with Crippen molar-refractivity contribution in [3.8, 4) is 0 Å². The summed E-state index contributed by atoms with van der Waals surface area (Å²) in [4.78, 5) is 0. The molecule has 1 aliphatic rings.